The summed E-state index contributed by atoms with van der Waals surface area (Å²) in [6.07, 6.45) is 1.33. The van der Waals surface area contributed by atoms with Gasteiger partial charge in [0, 0.05) is 18.7 Å². The van der Waals surface area contributed by atoms with Gasteiger partial charge >= 0.3 is 5.97 Å². The molecular weight excluding hydrogens is 306 g/mol. The van der Waals surface area contributed by atoms with E-state index in [1.54, 1.807) is 29.2 Å². The number of amides is 1. The molecule has 1 saturated heterocycles. The number of hydrogen-bond acceptors (Lipinski definition) is 3. The Hall–Kier alpha value is -2.82. The van der Waals surface area contributed by atoms with E-state index in [1.807, 2.05) is 30.3 Å². The number of carbonyl (C=O) groups excluding carboxylic acids is 1. The molecule has 1 atom stereocenters. The smallest absolute Gasteiger partial charge is 0.308 e. The number of carboxylic acid groups (broad SMARTS) is 1. The number of benzene rings is 2. The first-order valence-corrected chi connectivity index (χ1v) is 7.98. The van der Waals surface area contributed by atoms with Crippen LogP contribution in [-0.4, -0.2) is 35.0 Å². The molecule has 2 aromatic carbocycles. The van der Waals surface area contributed by atoms with Gasteiger partial charge in [-0.05, 0) is 43.2 Å². The van der Waals surface area contributed by atoms with Crippen LogP contribution in [0.2, 0.25) is 0 Å². The number of likely N-dealkylation sites (tertiary alicyclic amines) is 1. The lowest BCUT2D eigenvalue weighted by Crippen LogP contribution is -2.42. The molecule has 0 radical (unpaired) electrons. The number of para-hydroxylation sites is 1. The quantitative estimate of drug-likeness (QED) is 0.935. The van der Waals surface area contributed by atoms with Crippen LogP contribution in [0.4, 0.5) is 0 Å². The number of hydrogen-bond donors (Lipinski definition) is 1. The van der Waals surface area contributed by atoms with Gasteiger partial charge in [-0.3, -0.25) is 9.59 Å². The molecule has 1 amide bonds. The molecular formula is C19H19NO4. The Balaban J connectivity index is 1.73. The van der Waals surface area contributed by atoms with E-state index in [-0.39, 0.29) is 12.5 Å². The lowest BCUT2D eigenvalue weighted by atomic mass is 9.97. The zero-order chi connectivity index (χ0) is 16.9. The third-order valence-corrected chi connectivity index (χ3v) is 4.12. The number of piperidine rings is 1. The van der Waals surface area contributed by atoms with E-state index in [0.717, 1.165) is 0 Å². The Morgan fingerprint density at radius 1 is 1.04 bits per heavy atom. The number of aliphatic carboxylic acids is 1. The van der Waals surface area contributed by atoms with Crippen LogP contribution in [0.3, 0.4) is 0 Å². The third kappa shape index (κ3) is 3.74. The summed E-state index contributed by atoms with van der Waals surface area (Å²) in [6.45, 7) is 0.852. The second-order valence-electron chi connectivity index (χ2n) is 5.87. The van der Waals surface area contributed by atoms with E-state index in [0.29, 0.717) is 36.4 Å². The van der Waals surface area contributed by atoms with Crippen LogP contribution >= 0.6 is 0 Å². The SMILES string of the molecule is O=C(O)[C@H]1CCCN(C(=O)c2cccc(Oc3ccccc3)c2)C1. The average Bonchev–Trinajstić information content (AvgIpc) is 2.62. The highest BCUT2D eigenvalue weighted by Crippen LogP contribution is 2.24. The lowest BCUT2D eigenvalue weighted by molar-refractivity contribution is -0.143. The summed E-state index contributed by atoms with van der Waals surface area (Å²) in [5, 5.41) is 9.16. The largest absolute Gasteiger partial charge is 0.481 e. The van der Waals surface area contributed by atoms with Gasteiger partial charge in [0.25, 0.3) is 5.91 Å². The van der Waals surface area contributed by atoms with Crippen LogP contribution in [0.1, 0.15) is 23.2 Å². The predicted octanol–water partition coefficient (Wildman–Crippen LogP) is 3.42. The standard InChI is InChI=1S/C19H19NO4/c21-18(20-11-5-7-15(13-20)19(22)23)14-6-4-10-17(12-14)24-16-8-2-1-3-9-16/h1-4,6,8-10,12,15H,5,7,11,13H2,(H,22,23)/t15-/m0/s1. The first-order chi connectivity index (χ1) is 11.6. The van der Waals surface area contributed by atoms with Gasteiger partial charge in [0.2, 0.25) is 0 Å². The number of carboxylic acids is 1. The minimum Gasteiger partial charge on any atom is -0.481 e. The average molecular weight is 325 g/mol. The summed E-state index contributed by atoms with van der Waals surface area (Å²) in [7, 11) is 0. The summed E-state index contributed by atoms with van der Waals surface area (Å²) >= 11 is 0. The molecule has 124 valence electrons. The van der Waals surface area contributed by atoms with Gasteiger partial charge in [0.15, 0.2) is 0 Å². The molecule has 0 aliphatic carbocycles. The Bertz CT molecular complexity index is 729. The van der Waals surface area contributed by atoms with E-state index in [2.05, 4.69) is 0 Å². The molecule has 1 aliphatic rings. The van der Waals surface area contributed by atoms with E-state index >= 15 is 0 Å². The highest BCUT2D eigenvalue weighted by molar-refractivity contribution is 5.95. The summed E-state index contributed by atoms with van der Waals surface area (Å²) in [4.78, 5) is 25.4. The summed E-state index contributed by atoms with van der Waals surface area (Å²) < 4.78 is 5.75. The summed E-state index contributed by atoms with van der Waals surface area (Å²) in [6, 6.07) is 16.3. The predicted molar refractivity (Wildman–Crippen MR) is 89.2 cm³/mol. The zero-order valence-corrected chi connectivity index (χ0v) is 13.2. The van der Waals surface area contributed by atoms with Crippen molar-refractivity contribution in [2.75, 3.05) is 13.1 Å². The molecule has 5 nitrogen and oxygen atoms in total. The Morgan fingerprint density at radius 3 is 2.54 bits per heavy atom. The van der Waals surface area contributed by atoms with Crippen molar-refractivity contribution >= 4 is 11.9 Å². The number of rotatable bonds is 4. The summed E-state index contributed by atoms with van der Waals surface area (Å²) in [5.74, 6) is -0.190. The van der Waals surface area contributed by atoms with E-state index in [9.17, 15) is 9.59 Å². The molecule has 0 aromatic heterocycles. The molecule has 1 aliphatic heterocycles. The fourth-order valence-electron chi connectivity index (χ4n) is 2.86. The molecule has 24 heavy (non-hydrogen) atoms. The Kier molecular flexibility index (Phi) is 4.79. The third-order valence-electron chi connectivity index (χ3n) is 4.12. The maximum Gasteiger partial charge on any atom is 0.308 e. The van der Waals surface area contributed by atoms with Crippen molar-refractivity contribution in [2.24, 2.45) is 5.92 Å². The van der Waals surface area contributed by atoms with E-state index < -0.39 is 11.9 Å². The molecule has 0 unspecified atom stereocenters. The van der Waals surface area contributed by atoms with Gasteiger partial charge in [0.1, 0.15) is 11.5 Å². The molecule has 3 rings (SSSR count). The zero-order valence-electron chi connectivity index (χ0n) is 13.2. The maximum atomic E-state index is 12.6. The first kappa shape index (κ1) is 16.1. The van der Waals surface area contributed by atoms with Gasteiger partial charge in [0.05, 0.1) is 5.92 Å². The van der Waals surface area contributed by atoms with Crippen molar-refractivity contribution in [3.63, 3.8) is 0 Å². The number of nitrogens with zero attached hydrogens (tertiary/aromatic N) is 1. The van der Waals surface area contributed by atoms with Gasteiger partial charge < -0.3 is 14.7 Å². The highest BCUT2D eigenvalue weighted by atomic mass is 16.5. The normalized spacial score (nSPS) is 17.3. The molecule has 0 bridgehead atoms. The van der Waals surface area contributed by atoms with Crippen molar-refractivity contribution in [1.29, 1.82) is 0 Å². The molecule has 0 saturated carbocycles. The summed E-state index contributed by atoms with van der Waals surface area (Å²) in [5.41, 5.74) is 0.509. The molecule has 1 fully saturated rings. The molecule has 5 heteroatoms. The number of ether oxygens (including phenoxy) is 1. The molecule has 2 aromatic rings. The highest BCUT2D eigenvalue weighted by Gasteiger charge is 2.28. The van der Waals surface area contributed by atoms with Crippen LogP contribution in [0.15, 0.2) is 54.6 Å². The fraction of sp³-hybridized carbons (Fsp3) is 0.263. The van der Waals surface area contributed by atoms with Crippen LogP contribution in [0.25, 0.3) is 0 Å². The lowest BCUT2D eigenvalue weighted by Gasteiger charge is -2.30. The fourth-order valence-corrected chi connectivity index (χ4v) is 2.86. The van der Waals surface area contributed by atoms with Crippen LogP contribution in [-0.2, 0) is 4.79 Å². The minimum absolute atomic E-state index is 0.153. The minimum atomic E-state index is -0.839. The van der Waals surface area contributed by atoms with Gasteiger partial charge in [-0.15, -0.1) is 0 Å². The Labute approximate surface area is 140 Å². The number of carbonyl (C=O) groups is 2. The molecule has 1 heterocycles. The van der Waals surface area contributed by atoms with Gasteiger partial charge in [-0.1, -0.05) is 24.3 Å². The molecule has 1 N–H and O–H groups in total. The first-order valence-electron chi connectivity index (χ1n) is 7.98. The van der Waals surface area contributed by atoms with Crippen LogP contribution < -0.4 is 4.74 Å². The topological polar surface area (TPSA) is 66.8 Å². The van der Waals surface area contributed by atoms with Gasteiger partial charge in [-0.2, -0.15) is 0 Å². The Morgan fingerprint density at radius 2 is 1.79 bits per heavy atom. The monoisotopic (exact) mass is 325 g/mol. The maximum absolute atomic E-state index is 12.6. The van der Waals surface area contributed by atoms with E-state index in [4.69, 9.17) is 9.84 Å². The van der Waals surface area contributed by atoms with Crippen molar-refractivity contribution in [1.82, 2.24) is 4.90 Å². The van der Waals surface area contributed by atoms with Crippen LogP contribution in [0.5, 0.6) is 11.5 Å². The van der Waals surface area contributed by atoms with Crippen LogP contribution in [0, 0.1) is 5.92 Å². The molecule has 0 spiro atoms. The van der Waals surface area contributed by atoms with Crippen molar-refractivity contribution in [2.45, 2.75) is 12.8 Å². The van der Waals surface area contributed by atoms with Crippen molar-refractivity contribution in [3.8, 4) is 11.5 Å². The second-order valence-corrected chi connectivity index (χ2v) is 5.87. The van der Waals surface area contributed by atoms with E-state index in [1.165, 1.54) is 0 Å². The van der Waals surface area contributed by atoms with Gasteiger partial charge in [-0.25, -0.2) is 0 Å². The van der Waals surface area contributed by atoms with Crippen molar-refractivity contribution in [3.05, 3.63) is 60.2 Å². The van der Waals surface area contributed by atoms with Crippen molar-refractivity contribution < 1.29 is 19.4 Å². The second kappa shape index (κ2) is 7.17.